The molecule has 0 aliphatic carbocycles. The molecule has 188 valence electrons. The zero-order chi connectivity index (χ0) is 27.9. The molecule has 0 saturated carbocycles. The van der Waals surface area contributed by atoms with E-state index in [9.17, 15) is 21.0 Å². The molecule has 9 nitrogen and oxygen atoms in total. The molecular formula is C31H19N9. The topological polar surface area (TPSA) is 131 Å². The molecule has 0 N–H and O–H groups in total. The minimum Gasteiger partial charge on any atom is -0.297 e. The Bertz CT molecular complexity index is 1700. The Morgan fingerprint density at radius 1 is 0.650 bits per heavy atom. The molecule has 2 aromatic heterocycles. The van der Waals surface area contributed by atoms with Gasteiger partial charge in [-0.2, -0.15) is 21.0 Å². The second kappa shape index (κ2) is 11.3. The fraction of sp³-hybridized carbons (Fsp3) is 0.0323. The van der Waals surface area contributed by atoms with Gasteiger partial charge < -0.3 is 0 Å². The van der Waals surface area contributed by atoms with Gasteiger partial charge in [0.25, 0.3) is 0 Å². The normalized spacial score (nSPS) is 11.8. The summed E-state index contributed by atoms with van der Waals surface area (Å²) in [5.74, 6) is 1.00. The third-order valence-corrected chi connectivity index (χ3v) is 6.01. The number of aromatic nitrogens is 2. The largest absolute Gasteiger partial charge is 0.297 e. The van der Waals surface area contributed by atoms with E-state index in [1.807, 2.05) is 45.4 Å². The van der Waals surface area contributed by atoms with E-state index in [-0.39, 0.29) is 11.4 Å². The van der Waals surface area contributed by atoms with Crippen molar-refractivity contribution in [1.82, 2.24) is 15.0 Å². The van der Waals surface area contributed by atoms with Gasteiger partial charge in [0, 0.05) is 17.6 Å². The van der Waals surface area contributed by atoms with Gasteiger partial charge >= 0.3 is 0 Å². The van der Waals surface area contributed by atoms with Gasteiger partial charge in [0.05, 0.1) is 35.5 Å². The molecule has 0 amide bonds. The number of allylic oxidation sites excluding steroid dienone is 2. The third-order valence-electron chi connectivity index (χ3n) is 6.01. The van der Waals surface area contributed by atoms with Crippen LogP contribution in [-0.4, -0.2) is 21.5 Å². The summed E-state index contributed by atoms with van der Waals surface area (Å²) in [6.45, 7) is 0.320. The highest BCUT2D eigenvalue weighted by molar-refractivity contribution is 5.69. The Balaban J connectivity index is 1.61. The maximum Gasteiger partial charge on any atom is 0.153 e. The molecule has 0 atom stereocenters. The molecule has 1 aliphatic rings. The van der Waals surface area contributed by atoms with Gasteiger partial charge in [-0.15, -0.1) is 0 Å². The summed E-state index contributed by atoms with van der Waals surface area (Å²) in [7, 11) is 0. The SMILES string of the molecule is N#Cc1cccc(N(C2=CC=CN(N(c3cccc(C#N)c3)c3cccc(C#N)n3)C2)c2cccc(C#N)n2)c1. The Kier molecular flexibility index (Phi) is 7.14. The molecule has 0 unspecified atom stereocenters. The van der Waals surface area contributed by atoms with E-state index in [0.29, 0.717) is 40.7 Å². The molecule has 0 saturated heterocycles. The van der Waals surface area contributed by atoms with Crippen LogP contribution in [0.25, 0.3) is 0 Å². The van der Waals surface area contributed by atoms with E-state index in [0.717, 1.165) is 5.70 Å². The standard InChI is InChI=1S/C31H19N9/c32-18-23-6-1-10-27(16-23)39(30-13-3-8-25(20-34)36-30)29-12-5-15-38(22-29)40(28-11-2-7-24(17-28)19-33)31-14-4-9-26(21-35)37-31/h1-17H,22H2. The third kappa shape index (κ3) is 5.17. The summed E-state index contributed by atoms with van der Waals surface area (Å²) >= 11 is 0. The first-order valence-corrected chi connectivity index (χ1v) is 12.1. The molecule has 5 rings (SSSR count). The summed E-state index contributed by atoms with van der Waals surface area (Å²) in [6, 6.07) is 33.2. The summed E-state index contributed by atoms with van der Waals surface area (Å²) < 4.78 is 0. The Morgan fingerprint density at radius 3 is 1.88 bits per heavy atom. The fourth-order valence-electron chi connectivity index (χ4n) is 4.30. The molecular weight excluding hydrogens is 498 g/mol. The molecule has 0 spiro atoms. The lowest BCUT2D eigenvalue weighted by molar-refractivity contribution is 0.404. The van der Waals surface area contributed by atoms with Gasteiger partial charge in [-0.1, -0.05) is 24.3 Å². The van der Waals surface area contributed by atoms with Gasteiger partial charge in [-0.25, -0.2) is 15.0 Å². The number of anilines is 4. The average Bonchev–Trinajstić information content (AvgIpc) is 3.02. The maximum atomic E-state index is 9.54. The first-order chi connectivity index (χ1) is 19.6. The molecule has 2 aromatic carbocycles. The predicted octanol–water partition coefficient (Wildman–Crippen LogP) is 5.57. The summed E-state index contributed by atoms with van der Waals surface area (Å²) in [5.41, 5.74) is 3.63. The highest BCUT2D eigenvalue weighted by atomic mass is 15.6. The summed E-state index contributed by atoms with van der Waals surface area (Å²) in [6.07, 6.45) is 5.66. The van der Waals surface area contributed by atoms with Gasteiger partial charge in [0.1, 0.15) is 29.3 Å². The molecule has 1 aliphatic heterocycles. The van der Waals surface area contributed by atoms with Gasteiger partial charge in [0.2, 0.25) is 0 Å². The number of benzene rings is 2. The Morgan fingerprint density at radius 2 is 1.23 bits per heavy atom. The van der Waals surface area contributed by atoms with E-state index in [4.69, 9.17) is 0 Å². The second-order valence-corrected chi connectivity index (χ2v) is 8.55. The Hall–Kier alpha value is -6.42. The minimum absolute atomic E-state index is 0.253. The van der Waals surface area contributed by atoms with Crippen LogP contribution >= 0.6 is 0 Å². The number of nitrogens with zero attached hydrogens (tertiary/aromatic N) is 9. The second-order valence-electron chi connectivity index (χ2n) is 8.55. The van der Waals surface area contributed by atoms with Crippen LogP contribution < -0.4 is 9.91 Å². The van der Waals surface area contributed by atoms with Gasteiger partial charge in [-0.05, 0) is 72.8 Å². The van der Waals surface area contributed by atoms with Gasteiger partial charge in [0.15, 0.2) is 5.82 Å². The number of nitriles is 4. The number of hydrazine groups is 1. The van der Waals surface area contributed by atoms with Crippen molar-refractivity contribution < 1.29 is 0 Å². The van der Waals surface area contributed by atoms with Crippen molar-refractivity contribution in [3.05, 3.63) is 131 Å². The maximum absolute atomic E-state index is 9.54. The minimum atomic E-state index is 0.253. The van der Waals surface area contributed by atoms with Crippen molar-refractivity contribution >= 4 is 23.0 Å². The van der Waals surface area contributed by atoms with Crippen LogP contribution in [-0.2, 0) is 0 Å². The van der Waals surface area contributed by atoms with E-state index in [1.54, 1.807) is 72.8 Å². The van der Waals surface area contributed by atoms with Crippen molar-refractivity contribution in [1.29, 1.82) is 21.0 Å². The molecule has 9 heteroatoms. The van der Waals surface area contributed by atoms with Crippen LogP contribution in [0, 0.1) is 45.3 Å². The first-order valence-electron chi connectivity index (χ1n) is 12.1. The van der Waals surface area contributed by atoms with Crippen LogP contribution in [0.1, 0.15) is 22.5 Å². The highest BCUT2D eigenvalue weighted by Crippen LogP contribution is 2.34. The van der Waals surface area contributed by atoms with Crippen LogP contribution in [0.4, 0.5) is 23.0 Å². The average molecular weight is 518 g/mol. The molecule has 0 bridgehead atoms. The monoisotopic (exact) mass is 517 g/mol. The van der Waals surface area contributed by atoms with Crippen molar-refractivity contribution in [2.24, 2.45) is 0 Å². The van der Waals surface area contributed by atoms with E-state index >= 15 is 0 Å². The van der Waals surface area contributed by atoms with Crippen molar-refractivity contribution in [2.45, 2.75) is 0 Å². The van der Waals surface area contributed by atoms with Crippen molar-refractivity contribution in [2.75, 3.05) is 16.5 Å². The molecule has 0 radical (unpaired) electrons. The van der Waals surface area contributed by atoms with Crippen molar-refractivity contribution in [3.8, 4) is 24.3 Å². The smallest absolute Gasteiger partial charge is 0.153 e. The molecule has 0 fully saturated rings. The van der Waals surface area contributed by atoms with Crippen LogP contribution in [0.3, 0.4) is 0 Å². The zero-order valence-corrected chi connectivity index (χ0v) is 21.0. The lowest BCUT2D eigenvalue weighted by Gasteiger charge is -2.39. The Labute approximate surface area is 231 Å². The highest BCUT2D eigenvalue weighted by Gasteiger charge is 2.25. The fourth-order valence-corrected chi connectivity index (χ4v) is 4.30. The van der Waals surface area contributed by atoms with Crippen LogP contribution in [0.5, 0.6) is 0 Å². The van der Waals surface area contributed by atoms with Gasteiger partial charge in [-0.3, -0.25) is 9.91 Å². The predicted molar refractivity (Wildman–Crippen MR) is 148 cm³/mol. The number of rotatable bonds is 6. The van der Waals surface area contributed by atoms with E-state index < -0.39 is 0 Å². The van der Waals surface area contributed by atoms with Crippen molar-refractivity contribution in [3.63, 3.8) is 0 Å². The van der Waals surface area contributed by atoms with E-state index in [1.165, 1.54) is 0 Å². The van der Waals surface area contributed by atoms with E-state index in [2.05, 4.69) is 34.2 Å². The lowest BCUT2D eigenvalue weighted by atomic mass is 10.1. The molecule has 3 heterocycles. The quantitative estimate of drug-likeness (QED) is 0.322. The van der Waals surface area contributed by atoms with Crippen LogP contribution in [0.15, 0.2) is 109 Å². The summed E-state index contributed by atoms with van der Waals surface area (Å²) in [4.78, 5) is 10.9. The molecule has 40 heavy (non-hydrogen) atoms. The first kappa shape index (κ1) is 25.2. The number of hydrogen-bond acceptors (Lipinski definition) is 9. The zero-order valence-electron chi connectivity index (χ0n) is 21.0. The molecule has 4 aromatic rings. The van der Waals surface area contributed by atoms with Crippen LogP contribution in [0.2, 0.25) is 0 Å². The summed E-state index contributed by atoms with van der Waals surface area (Å²) in [5, 5.41) is 41.8. The lowest BCUT2D eigenvalue weighted by Crippen LogP contribution is -2.41. The number of pyridine rings is 2. The number of hydrogen-bond donors (Lipinski definition) is 0.